The lowest BCUT2D eigenvalue weighted by Gasteiger charge is -2.13. The molecule has 2 heterocycles. The number of aryl methyl sites for hydroxylation is 3. The van der Waals surface area contributed by atoms with Crippen molar-refractivity contribution in [3.63, 3.8) is 0 Å². The maximum Gasteiger partial charge on any atom is 0.328 e. The standard InChI is InChI=1S/C12H17N5O2/c1-6-9-10(17(4)16-6)11(15-8(3)14-9)13-7(2)12(18)19-5/h7H,1-5H3,(H,13,14,15)/t7-/m1/s1. The number of hydrogen-bond donors (Lipinski definition) is 1. The van der Waals surface area contributed by atoms with Crippen LogP contribution in [-0.4, -0.2) is 38.9 Å². The van der Waals surface area contributed by atoms with Crippen LogP contribution in [-0.2, 0) is 16.6 Å². The molecule has 7 nitrogen and oxygen atoms in total. The van der Waals surface area contributed by atoms with E-state index in [0.29, 0.717) is 11.6 Å². The first-order valence-corrected chi connectivity index (χ1v) is 5.96. The van der Waals surface area contributed by atoms with Crippen molar-refractivity contribution >= 4 is 22.8 Å². The Morgan fingerprint density at radius 3 is 2.68 bits per heavy atom. The van der Waals surface area contributed by atoms with E-state index in [2.05, 4.69) is 20.4 Å². The number of methoxy groups -OCH3 is 1. The molecular formula is C12H17N5O2. The van der Waals surface area contributed by atoms with Crippen LogP contribution < -0.4 is 5.32 Å². The molecule has 0 aliphatic heterocycles. The molecule has 19 heavy (non-hydrogen) atoms. The molecule has 2 rings (SSSR count). The monoisotopic (exact) mass is 263 g/mol. The summed E-state index contributed by atoms with van der Waals surface area (Å²) in [5.74, 6) is 0.870. The summed E-state index contributed by atoms with van der Waals surface area (Å²) in [6, 6.07) is -0.488. The van der Waals surface area contributed by atoms with Gasteiger partial charge in [0, 0.05) is 7.05 Å². The highest BCUT2D eigenvalue weighted by molar-refractivity contribution is 5.89. The second kappa shape index (κ2) is 4.83. The molecule has 0 radical (unpaired) electrons. The molecule has 0 aliphatic rings. The summed E-state index contributed by atoms with van der Waals surface area (Å²) in [6.07, 6.45) is 0. The number of hydrogen-bond acceptors (Lipinski definition) is 6. The average molecular weight is 263 g/mol. The topological polar surface area (TPSA) is 81.9 Å². The van der Waals surface area contributed by atoms with Crippen molar-refractivity contribution in [2.75, 3.05) is 12.4 Å². The van der Waals surface area contributed by atoms with E-state index in [1.54, 1.807) is 18.5 Å². The Kier molecular flexibility index (Phi) is 3.37. The van der Waals surface area contributed by atoms with Crippen LogP contribution in [0.2, 0.25) is 0 Å². The fourth-order valence-corrected chi connectivity index (χ4v) is 1.99. The predicted octanol–water partition coefficient (Wildman–Crippen LogP) is 0.954. The third kappa shape index (κ3) is 2.35. The summed E-state index contributed by atoms with van der Waals surface area (Å²) in [6.45, 7) is 5.42. The van der Waals surface area contributed by atoms with Gasteiger partial charge in [-0.3, -0.25) is 4.68 Å². The molecule has 0 amide bonds. The van der Waals surface area contributed by atoms with E-state index in [1.807, 2.05) is 14.0 Å². The first-order chi connectivity index (χ1) is 8.93. The van der Waals surface area contributed by atoms with E-state index in [-0.39, 0.29) is 5.97 Å². The molecule has 1 N–H and O–H groups in total. The minimum Gasteiger partial charge on any atom is -0.467 e. The number of nitrogens with zero attached hydrogens (tertiary/aromatic N) is 4. The molecule has 2 aromatic rings. The van der Waals surface area contributed by atoms with Crippen molar-refractivity contribution < 1.29 is 9.53 Å². The van der Waals surface area contributed by atoms with Crippen LogP contribution in [0.4, 0.5) is 5.82 Å². The van der Waals surface area contributed by atoms with Gasteiger partial charge >= 0.3 is 5.97 Å². The van der Waals surface area contributed by atoms with Gasteiger partial charge < -0.3 is 10.1 Å². The van der Waals surface area contributed by atoms with Gasteiger partial charge in [0.15, 0.2) is 5.82 Å². The molecule has 1 atom stereocenters. The minimum absolute atomic E-state index is 0.344. The van der Waals surface area contributed by atoms with E-state index < -0.39 is 6.04 Å². The number of nitrogens with one attached hydrogen (secondary N) is 1. The molecule has 0 saturated heterocycles. The van der Waals surface area contributed by atoms with Crippen molar-refractivity contribution in [1.29, 1.82) is 0 Å². The molecule has 0 bridgehead atoms. The number of aromatic nitrogens is 4. The number of rotatable bonds is 3. The van der Waals surface area contributed by atoms with Crippen LogP contribution in [0.5, 0.6) is 0 Å². The van der Waals surface area contributed by atoms with Crippen LogP contribution >= 0.6 is 0 Å². The Morgan fingerprint density at radius 1 is 1.37 bits per heavy atom. The van der Waals surface area contributed by atoms with E-state index in [0.717, 1.165) is 16.7 Å². The lowest BCUT2D eigenvalue weighted by molar-refractivity contribution is -0.141. The summed E-state index contributed by atoms with van der Waals surface area (Å²) < 4.78 is 6.40. The summed E-state index contributed by atoms with van der Waals surface area (Å²) >= 11 is 0. The summed E-state index contributed by atoms with van der Waals surface area (Å²) in [4.78, 5) is 20.2. The van der Waals surface area contributed by atoms with Crippen molar-refractivity contribution in [2.24, 2.45) is 7.05 Å². The Bertz CT molecular complexity index is 635. The third-order valence-corrected chi connectivity index (χ3v) is 2.87. The van der Waals surface area contributed by atoms with E-state index >= 15 is 0 Å². The largest absolute Gasteiger partial charge is 0.467 e. The lowest BCUT2D eigenvalue weighted by Crippen LogP contribution is -2.28. The Labute approximate surface area is 111 Å². The molecule has 0 aromatic carbocycles. The summed E-state index contributed by atoms with van der Waals surface area (Å²) in [7, 11) is 3.18. The smallest absolute Gasteiger partial charge is 0.328 e. The molecule has 0 aliphatic carbocycles. The fraction of sp³-hybridized carbons (Fsp3) is 0.500. The highest BCUT2D eigenvalue weighted by atomic mass is 16.5. The summed E-state index contributed by atoms with van der Waals surface area (Å²) in [5, 5.41) is 7.37. The second-order valence-corrected chi connectivity index (χ2v) is 4.41. The van der Waals surface area contributed by atoms with E-state index in [1.165, 1.54) is 7.11 Å². The Hall–Kier alpha value is -2.18. The molecule has 0 saturated carbocycles. The van der Waals surface area contributed by atoms with Crippen molar-refractivity contribution in [1.82, 2.24) is 19.7 Å². The predicted molar refractivity (Wildman–Crippen MR) is 70.9 cm³/mol. The number of anilines is 1. The molecule has 0 fully saturated rings. The van der Waals surface area contributed by atoms with Crippen molar-refractivity contribution in [3.05, 3.63) is 11.5 Å². The van der Waals surface area contributed by atoms with Gasteiger partial charge in [-0.25, -0.2) is 14.8 Å². The minimum atomic E-state index is -0.488. The van der Waals surface area contributed by atoms with E-state index in [4.69, 9.17) is 4.74 Å². The van der Waals surface area contributed by atoms with Gasteiger partial charge in [0.2, 0.25) is 0 Å². The second-order valence-electron chi connectivity index (χ2n) is 4.41. The van der Waals surface area contributed by atoms with Crippen molar-refractivity contribution in [2.45, 2.75) is 26.8 Å². The van der Waals surface area contributed by atoms with E-state index in [9.17, 15) is 4.79 Å². The van der Waals surface area contributed by atoms with Crippen LogP contribution in [0, 0.1) is 13.8 Å². The number of carbonyl (C=O) groups excluding carboxylic acids is 1. The Balaban J connectivity index is 2.50. The van der Waals surface area contributed by atoms with Gasteiger partial charge in [0.25, 0.3) is 0 Å². The zero-order valence-electron chi connectivity index (χ0n) is 11.7. The molecule has 2 aromatic heterocycles. The number of fused-ring (bicyclic) bond motifs is 1. The number of carbonyl (C=O) groups is 1. The maximum absolute atomic E-state index is 11.5. The molecular weight excluding hydrogens is 246 g/mol. The molecule has 7 heteroatoms. The quantitative estimate of drug-likeness (QED) is 0.830. The van der Waals surface area contributed by atoms with Crippen LogP contribution in [0.25, 0.3) is 11.0 Å². The van der Waals surface area contributed by atoms with Gasteiger partial charge in [-0.2, -0.15) is 5.10 Å². The van der Waals surface area contributed by atoms with Crippen LogP contribution in [0.15, 0.2) is 0 Å². The lowest BCUT2D eigenvalue weighted by atomic mass is 10.3. The van der Waals surface area contributed by atoms with Gasteiger partial charge in [-0.05, 0) is 20.8 Å². The van der Waals surface area contributed by atoms with Gasteiger partial charge in [-0.15, -0.1) is 0 Å². The van der Waals surface area contributed by atoms with Crippen LogP contribution in [0.1, 0.15) is 18.4 Å². The molecule has 102 valence electrons. The van der Waals surface area contributed by atoms with Gasteiger partial charge in [0.1, 0.15) is 22.9 Å². The normalized spacial score (nSPS) is 12.5. The Morgan fingerprint density at radius 2 is 2.05 bits per heavy atom. The zero-order chi connectivity index (χ0) is 14.2. The highest BCUT2D eigenvalue weighted by Crippen LogP contribution is 2.22. The van der Waals surface area contributed by atoms with Gasteiger partial charge in [0.05, 0.1) is 12.8 Å². The third-order valence-electron chi connectivity index (χ3n) is 2.87. The first-order valence-electron chi connectivity index (χ1n) is 5.96. The summed E-state index contributed by atoms with van der Waals surface area (Å²) in [5.41, 5.74) is 2.39. The average Bonchev–Trinajstić information content (AvgIpc) is 2.63. The zero-order valence-corrected chi connectivity index (χ0v) is 11.7. The SMILES string of the molecule is COC(=O)[C@@H](C)Nc1nc(C)nc2c(C)nn(C)c12. The van der Waals surface area contributed by atoms with Crippen LogP contribution in [0.3, 0.4) is 0 Å². The number of ether oxygens (including phenoxy) is 1. The molecule has 0 unspecified atom stereocenters. The van der Waals surface area contributed by atoms with Crippen molar-refractivity contribution in [3.8, 4) is 0 Å². The number of esters is 1. The highest BCUT2D eigenvalue weighted by Gasteiger charge is 2.18. The molecule has 0 spiro atoms. The maximum atomic E-state index is 11.5. The van der Waals surface area contributed by atoms with Gasteiger partial charge in [-0.1, -0.05) is 0 Å². The fourth-order valence-electron chi connectivity index (χ4n) is 1.99. The first kappa shape index (κ1) is 13.3.